The quantitative estimate of drug-likeness (QED) is 0.816. The van der Waals surface area contributed by atoms with Crippen LogP contribution >= 0.6 is 0 Å². The fourth-order valence-electron chi connectivity index (χ4n) is 3.26. The lowest BCUT2D eigenvalue weighted by molar-refractivity contribution is -0.132. The van der Waals surface area contributed by atoms with Crippen LogP contribution in [-0.4, -0.2) is 37.6 Å². The Hall–Kier alpha value is -2.31. The second-order valence-electron chi connectivity index (χ2n) is 6.21. The van der Waals surface area contributed by atoms with Crippen LogP contribution in [0.5, 0.6) is 0 Å². The summed E-state index contributed by atoms with van der Waals surface area (Å²) in [4.78, 5) is 14.3. The number of amides is 1. The van der Waals surface area contributed by atoms with E-state index in [-0.39, 0.29) is 18.3 Å². The third kappa shape index (κ3) is 3.77. The molecule has 0 radical (unpaired) electrons. The van der Waals surface area contributed by atoms with E-state index in [1.54, 1.807) is 15.6 Å². The fourth-order valence-corrected chi connectivity index (χ4v) is 3.26. The average molecular weight is 331 g/mol. The Labute approximate surface area is 140 Å². The van der Waals surface area contributed by atoms with Crippen LogP contribution in [0.15, 0.2) is 24.3 Å². The highest BCUT2D eigenvalue weighted by atomic mass is 19.1. The Morgan fingerprint density at radius 1 is 1.38 bits per heavy atom. The van der Waals surface area contributed by atoms with E-state index in [2.05, 4.69) is 15.5 Å². The highest BCUT2D eigenvalue weighted by molar-refractivity contribution is 5.75. The Balaban J connectivity index is 1.67. The van der Waals surface area contributed by atoms with Crippen molar-refractivity contribution in [1.82, 2.24) is 25.1 Å². The molecule has 24 heavy (non-hydrogen) atoms. The minimum absolute atomic E-state index is 0.0618. The minimum Gasteiger partial charge on any atom is -0.337 e. The maximum Gasteiger partial charge on any atom is 0.244 e. The van der Waals surface area contributed by atoms with Gasteiger partial charge in [0, 0.05) is 19.0 Å². The van der Waals surface area contributed by atoms with Gasteiger partial charge in [0.1, 0.15) is 12.4 Å². The molecule has 2 aromatic rings. The molecule has 0 N–H and O–H groups in total. The van der Waals surface area contributed by atoms with Crippen molar-refractivity contribution in [2.75, 3.05) is 6.54 Å². The van der Waals surface area contributed by atoms with Crippen molar-refractivity contribution in [1.29, 1.82) is 0 Å². The van der Waals surface area contributed by atoms with E-state index in [0.717, 1.165) is 24.2 Å². The predicted molar refractivity (Wildman–Crippen MR) is 86.5 cm³/mol. The highest BCUT2D eigenvalue weighted by Gasteiger charge is 2.24. The van der Waals surface area contributed by atoms with Gasteiger partial charge in [-0.05, 0) is 47.9 Å². The Bertz CT molecular complexity index is 696. The standard InChI is InChI=1S/C17H22FN5O/c1-2-22(11-13-6-5-9-15(18)10-13)16(24)12-23-17(19-20-21-23)14-7-3-4-8-14/h5-6,9-10,14H,2-4,7-8,11-12H2,1H3. The summed E-state index contributed by atoms with van der Waals surface area (Å²) in [6, 6.07) is 6.33. The van der Waals surface area contributed by atoms with E-state index in [1.807, 2.05) is 13.0 Å². The van der Waals surface area contributed by atoms with Crippen LogP contribution in [0.4, 0.5) is 4.39 Å². The lowest BCUT2D eigenvalue weighted by atomic mass is 10.1. The smallest absolute Gasteiger partial charge is 0.244 e. The van der Waals surface area contributed by atoms with Crippen LogP contribution in [0.2, 0.25) is 0 Å². The van der Waals surface area contributed by atoms with Crippen LogP contribution in [-0.2, 0) is 17.9 Å². The summed E-state index contributed by atoms with van der Waals surface area (Å²) in [7, 11) is 0. The minimum atomic E-state index is -0.292. The molecular formula is C17H22FN5O. The van der Waals surface area contributed by atoms with Gasteiger partial charge in [-0.25, -0.2) is 9.07 Å². The summed E-state index contributed by atoms with van der Waals surface area (Å²) >= 11 is 0. The van der Waals surface area contributed by atoms with E-state index < -0.39 is 0 Å². The van der Waals surface area contributed by atoms with Crippen LogP contribution in [0.3, 0.4) is 0 Å². The lowest BCUT2D eigenvalue weighted by Crippen LogP contribution is -2.34. The van der Waals surface area contributed by atoms with Gasteiger partial charge < -0.3 is 4.90 Å². The second kappa shape index (κ2) is 7.51. The van der Waals surface area contributed by atoms with Gasteiger partial charge >= 0.3 is 0 Å². The molecule has 0 spiro atoms. The van der Waals surface area contributed by atoms with Crippen molar-refractivity contribution in [3.05, 3.63) is 41.5 Å². The molecule has 1 aromatic carbocycles. The Morgan fingerprint density at radius 2 is 2.17 bits per heavy atom. The molecule has 1 heterocycles. The number of halogens is 1. The first-order chi connectivity index (χ1) is 11.7. The van der Waals surface area contributed by atoms with Gasteiger partial charge in [-0.2, -0.15) is 0 Å². The van der Waals surface area contributed by atoms with Gasteiger partial charge in [-0.15, -0.1) is 5.10 Å². The van der Waals surface area contributed by atoms with Gasteiger partial charge in [0.05, 0.1) is 0 Å². The number of carbonyl (C=O) groups is 1. The van der Waals surface area contributed by atoms with Gasteiger partial charge in [0.15, 0.2) is 5.82 Å². The monoisotopic (exact) mass is 331 g/mol. The third-order valence-electron chi connectivity index (χ3n) is 4.56. The van der Waals surface area contributed by atoms with Crippen molar-refractivity contribution < 1.29 is 9.18 Å². The van der Waals surface area contributed by atoms with E-state index in [0.29, 0.717) is 19.0 Å². The number of hydrogen-bond donors (Lipinski definition) is 0. The van der Waals surface area contributed by atoms with Gasteiger partial charge in [-0.1, -0.05) is 25.0 Å². The molecule has 1 aliphatic rings. The van der Waals surface area contributed by atoms with Crippen LogP contribution < -0.4 is 0 Å². The summed E-state index contributed by atoms with van der Waals surface area (Å²) in [5.74, 6) is 0.807. The zero-order valence-electron chi connectivity index (χ0n) is 13.9. The molecule has 0 unspecified atom stereocenters. The van der Waals surface area contributed by atoms with Crippen LogP contribution in [0.1, 0.15) is 49.9 Å². The van der Waals surface area contributed by atoms with Crippen LogP contribution in [0, 0.1) is 5.82 Å². The molecule has 1 fully saturated rings. The first-order valence-corrected chi connectivity index (χ1v) is 8.45. The SMILES string of the molecule is CCN(Cc1cccc(F)c1)C(=O)Cn1nnnc1C1CCCC1. The summed E-state index contributed by atoms with van der Waals surface area (Å²) in [6.07, 6.45) is 4.53. The molecule has 0 atom stereocenters. The topological polar surface area (TPSA) is 63.9 Å². The number of aromatic nitrogens is 4. The Kier molecular flexibility index (Phi) is 5.17. The maximum atomic E-state index is 13.3. The lowest BCUT2D eigenvalue weighted by Gasteiger charge is -2.21. The van der Waals surface area contributed by atoms with Crippen LogP contribution in [0.25, 0.3) is 0 Å². The second-order valence-corrected chi connectivity index (χ2v) is 6.21. The van der Waals surface area contributed by atoms with Gasteiger partial charge in [-0.3, -0.25) is 4.79 Å². The first kappa shape index (κ1) is 16.5. The molecule has 1 aliphatic carbocycles. The number of nitrogens with zero attached hydrogens (tertiary/aromatic N) is 5. The predicted octanol–water partition coefficient (Wildman–Crippen LogP) is 2.52. The molecule has 0 bridgehead atoms. The molecular weight excluding hydrogens is 309 g/mol. The third-order valence-corrected chi connectivity index (χ3v) is 4.56. The summed E-state index contributed by atoms with van der Waals surface area (Å²) in [5.41, 5.74) is 0.776. The zero-order chi connectivity index (χ0) is 16.9. The van der Waals surface area contributed by atoms with E-state index in [1.165, 1.54) is 25.0 Å². The summed E-state index contributed by atoms with van der Waals surface area (Å²) in [6.45, 7) is 2.97. The molecule has 7 heteroatoms. The largest absolute Gasteiger partial charge is 0.337 e. The molecule has 0 aliphatic heterocycles. The number of likely N-dealkylation sites (N-methyl/N-ethyl adjacent to an activating group) is 1. The number of rotatable bonds is 6. The molecule has 1 aromatic heterocycles. The summed E-state index contributed by atoms with van der Waals surface area (Å²) in [5, 5.41) is 11.8. The number of benzene rings is 1. The molecule has 1 amide bonds. The van der Waals surface area contributed by atoms with Crippen molar-refractivity contribution >= 4 is 5.91 Å². The first-order valence-electron chi connectivity index (χ1n) is 8.45. The van der Waals surface area contributed by atoms with Gasteiger partial charge in [0.2, 0.25) is 5.91 Å². The molecule has 128 valence electrons. The highest BCUT2D eigenvalue weighted by Crippen LogP contribution is 2.32. The number of tetrazole rings is 1. The molecule has 1 saturated carbocycles. The molecule has 3 rings (SSSR count). The fraction of sp³-hybridized carbons (Fsp3) is 0.529. The average Bonchev–Trinajstić information content (AvgIpc) is 3.23. The van der Waals surface area contributed by atoms with E-state index in [9.17, 15) is 9.18 Å². The number of carbonyl (C=O) groups excluding carboxylic acids is 1. The van der Waals surface area contributed by atoms with Crippen molar-refractivity contribution in [2.45, 2.75) is 51.6 Å². The molecule has 0 saturated heterocycles. The molecule has 6 nitrogen and oxygen atoms in total. The van der Waals surface area contributed by atoms with Gasteiger partial charge in [0.25, 0.3) is 0 Å². The normalized spacial score (nSPS) is 14.9. The number of hydrogen-bond acceptors (Lipinski definition) is 4. The zero-order valence-corrected chi connectivity index (χ0v) is 13.9. The van der Waals surface area contributed by atoms with Crippen molar-refractivity contribution in [3.8, 4) is 0 Å². The maximum absolute atomic E-state index is 13.3. The van der Waals surface area contributed by atoms with Crippen molar-refractivity contribution in [2.24, 2.45) is 0 Å². The van der Waals surface area contributed by atoms with Crippen molar-refractivity contribution in [3.63, 3.8) is 0 Å². The Morgan fingerprint density at radius 3 is 2.88 bits per heavy atom. The van der Waals surface area contributed by atoms with E-state index >= 15 is 0 Å². The summed E-state index contributed by atoms with van der Waals surface area (Å²) < 4.78 is 14.9. The van der Waals surface area contributed by atoms with E-state index in [4.69, 9.17) is 0 Å².